The highest BCUT2D eigenvalue weighted by molar-refractivity contribution is 6.29. The van der Waals surface area contributed by atoms with Crippen LogP contribution in [0, 0.1) is 5.92 Å². The molecule has 2 unspecified atom stereocenters. The van der Waals surface area contributed by atoms with E-state index < -0.39 is 12.0 Å². The Balaban J connectivity index is 2.08. The molecule has 0 bridgehead atoms. The second-order valence-electron chi connectivity index (χ2n) is 4.43. The van der Waals surface area contributed by atoms with Gasteiger partial charge in [-0.05, 0) is 18.8 Å². The zero-order valence-electron chi connectivity index (χ0n) is 9.76. The van der Waals surface area contributed by atoms with Gasteiger partial charge in [-0.2, -0.15) is 13.2 Å². The maximum Gasteiger partial charge on any atom is 0.451 e. The first-order valence-corrected chi connectivity index (χ1v) is 6.16. The minimum Gasteiger partial charge on any atom is -0.367 e. The van der Waals surface area contributed by atoms with E-state index in [1.807, 2.05) is 0 Å². The van der Waals surface area contributed by atoms with Gasteiger partial charge in [0.25, 0.3) is 0 Å². The third kappa shape index (κ3) is 3.25. The number of hydrogen-bond acceptors (Lipinski definition) is 3. The number of hydrogen-bond donors (Lipinski definition) is 1. The molecule has 1 saturated carbocycles. The highest BCUT2D eigenvalue weighted by Gasteiger charge is 2.38. The molecular weight excluding hydrogens is 267 g/mol. The highest BCUT2D eigenvalue weighted by atomic mass is 35.5. The minimum atomic E-state index is -4.58. The van der Waals surface area contributed by atoms with E-state index >= 15 is 0 Å². The van der Waals surface area contributed by atoms with Crippen LogP contribution in [0.3, 0.4) is 0 Å². The van der Waals surface area contributed by atoms with E-state index in [1.165, 1.54) is 6.07 Å². The Morgan fingerprint density at radius 1 is 1.44 bits per heavy atom. The lowest BCUT2D eigenvalue weighted by Crippen LogP contribution is -2.14. The highest BCUT2D eigenvalue weighted by Crippen LogP contribution is 2.37. The van der Waals surface area contributed by atoms with E-state index in [9.17, 15) is 13.2 Å². The Morgan fingerprint density at radius 3 is 2.78 bits per heavy atom. The van der Waals surface area contributed by atoms with Gasteiger partial charge < -0.3 is 5.32 Å². The maximum absolute atomic E-state index is 12.5. The third-order valence-corrected chi connectivity index (χ3v) is 3.06. The average Bonchev–Trinajstić information content (AvgIpc) is 2.94. The van der Waals surface area contributed by atoms with Gasteiger partial charge in [0.05, 0.1) is 0 Å². The van der Waals surface area contributed by atoms with Crippen LogP contribution in [0.5, 0.6) is 0 Å². The van der Waals surface area contributed by atoms with Gasteiger partial charge in [-0.15, -0.1) is 0 Å². The van der Waals surface area contributed by atoms with Crippen LogP contribution in [0.2, 0.25) is 5.15 Å². The SMILES string of the molecule is CCCC1CC1Nc1cc(Cl)nc(C(F)(F)F)n1. The fourth-order valence-electron chi connectivity index (χ4n) is 1.92. The summed E-state index contributed by atoms with van der Waals surface area (Å²) in [6.45, 7) is 2.08. The predicted molar refractivity (Wildman–Crippen MR) is 62.5 cm³/mol. The Bertz CT molecular complexity index is 436. The maximum atomic E-state index is 12.5. The average molecular weight is 280 g/mol. The molecule has 1 aliphatic carbocycles. The van der Waals surface area contributed by atoms with Crippen LogP contribution in [0.15, 0.2) is 6.07 Å². The molecule has 1 aromatic rings. The van der Waals surface area contributed by atoms with Crippen molar-refractivity contribution in [2.24, 2.45) is 5.92 Å². The van der Waals surface area contributed by atoms with Gasteiger partial charge in [0.1, 0.15) is 11.0 Å². The van der Waals surface area contributed by atoms with Gasteiger partial charge in [-0.25, -0.2) is 9.97 Å². The Labute approximate surface area is 108 Å². The zero-order chi connectivity index (χ0) is 13.3. The molecule has 0 aromatic carbocycles. The summed E-state index contributed by atoms with van der Waals surface area (Å²) in [6, 6.07) is 1.52. The van der Waals surface area contributed by atoms with E-state index in [4.69, 9.17) is 11.6 Å². The van der Waals surface area contributed by atoms with Crippen molar-refractivity contribution in [3.63, 3.8) is 0 Å². The number of nitrogens with one attached hydrogen (secondary N) is 1. The molecule has 1 heterocycles. The summed E-state index contributed by atoms with van der Waals surface area (Å²) in [5, 5.41) is 2.77. The number of nitrogens with zero attached hydrogens (tertiary/aromatic N) is 2. The quantitative estimate of drug-likeness (QED) is 0.853. The summed E-state index contributed by atoms with van der Waals surface area (Å²) in [5.41, 5.74) is 0. The Morgan fingerprint density at radius 2 is 2.17 bits per heavy atom. The van der Waals surface area contributed by atoms with Crippen molar-refractivity contribution in [2.75, 3.05) is 5.32 Å². The molecule has 1 fully saturated rings. The van der Waals surface area contributed by atoms with Crippen molar-refractivity contribution in [3.05, 3.63) is 17.0 Å². The molecule has 1 aliphatic rings. The Kier molecular flexibility index (Phi) is 3.66. The van der Waals surface area contributed by atoms with E-state index in [0.717, 1.165) is 19.3 Å². The van der Waals surface area contributed by atoms with Crippen molar-refractivity contribution in [1.29, 1.82) is 0 Å². The lowest BCUT2D eigenvalue weighted by atomic mass is 10.2. The molecule has 7 heteroatoms. The lowest BCUT2D eigenvalue weighted by molar-refractivity contribution is -0.144. The minimum absolute atomic E-state index is 0.144. The third-order valence-electron chi connectivity index (χ3n) is 2.86. The fraction of sp³-hybridized carbons (Fsp3) is 0.636. The van der Waals surface area contributed by atoms with Crippen molar-refractivity contribution in [3.8, 4) is 0 Å². The van der Waals surface area contributed by atoms with Gasteiger partial charge >= 0.3 is 6.18 Å². The molecule has 2 atom stereocenters. The number of aromatic nitrogens is 2. The largest absolute Gasteiger partial charge is 0.451 e. The summed E-state index contributed by atoms with van der Waals surface area (Å²) in [6.07, 6.45) is -1.46. The van der Waals surface area contributed by atoms with E-state index in [2.05, 4.69) is 22.2 Å². The second kappa shape index (κ2) is 4.91. The molecule has 100 valence electrons. The van der Waals surface area contributed by atoms with Crippen molar-refractivity contribution in [2.45, 2.75) is 38.4 Å². The zero-order valence-corrected chi connectivity index (χ0v) is 10.5. The molecular formula is C11H13ClF3N3. The topological polar surface area (TPSA) is 37.8 Å². The number of rotatable bonds is 4. The number of halogens is 4. The van der Waals surface area contributed by atoms with Crippen LogP contribution >= 0.6 is 11.6 Å². The molecule has 0 spiro atoms. The molecule has 1 aromatic heterocycles. The molecule has 3 nitrogen and oxygen atoms in total. The molecule has 2 rings (SSSR count). The molecule has 1 N–H and O–H groups in total. The van der Waals surface area contributed by atoms with E-state index in [-0.39, 0.29) is 17.0 Å². The van der Waals surface area contributed by atoms with Crippen LogP contribution in [0.1, 0.15) is 32.0 Å². The summed E-state index contributed by atoms with van der Waals surface area (Å²) in [5.74, 6) is -0.533. The first kappa shape index (κ1) is 13.4. The van der Waals surface area contributed by atoms with Crippen molar-refractivity contribution < 1.29 is 13.2 Å². The second-order valence-corrected chi connectivity index (χ2v) is 4.82. The standard InChI is InChI=1S/C11H13ClF3N3/c1-2-3-6-4-7(6)16-9-5-8(12)17-10(18-9)11(13,14)15/h5-7H,2-4H2,1H3,(H,16,17,18). The number of anilines is 1. The van der Waals surface area contributed by atoms with E-state index in [0.29, 0.717) is 5.92 Å². The predicted octanol–water partition coefficient (Wildman–Crippen LogP) is 3.75. The van der Waals surface area contributed by atoms with Crippen molar-refractivity contribution in [1.82, 2.24) is 9.97 Å². The van der Waals surface area contributed by atoms with E-state index in [1.54, 1.807) is 0 Å². The van der Waals surface area contributed by atoms with Gasteiger partial charge in [-0.1, -0.05) is 24.9 Å². The number of alkyl halides is 3. The summed E-state index contributed by atoms with van der Waals surface area (Å²) in [7, 11) is 0. The lowest BCUT2D eigenvalue weighted by Gasteiger charge is -2.09. The molecule has 18 heavy (non-hydrogen) atoms. The van der Waals surface area contributed by atoms with Crippen molar-refractivity contribution >= 4 is 17.4 Å². The Hall–Kier alpha value is -1.04. The van der Waals surface area contributed by atoms with Crippen LogP contribution in [-0.4, -0.2) is 16.0 Å². The molecule has 0 radical (unpaired) electrons. The molecule has 0 saturated heterocycles. The van der Waals surface area contributed by atoms with Gasteiger partial charge in [0.15, 0.2) is 0 Å². The van der Waals surface area contributed by atoms with Gasteiger partial charge in [-0.3, -0.25) is 0 Å². The van der Waals surface area contributed by atoms with Gasteiger partial charge in [0, 0.05) is 12.1 Å². The van der Waals surface area contributed by atoms with Crippen LogP contribution in [0.4, 0.5) is 19.0 Å². The van der Waals surface area contributed by atoms with Crippen LogP contribution in [0.25, 0.3) is 0 Å². The molecule has 0 aliphatic heterocycles. The first-order chi connectivity index (χ1) is 8.40. The summed E-state index contributed by atoms with van der Waals surface area (Å²) < 4.78 is 37.5. The van der Waals surface area contributed by atoms with Crippen LogP contribution in [-0.2, 0) is 6.18 Å². The normalized spacial score (nSPS) is 22.9. The first-order valence-electron chi connectivity index (χ1n) is 5.78. The summed E-state index contributed by atoms with van der Waals surface area (Å²) in [4.78, 5) is 6.63. The smallest absolute Gasteiger partial charge is 0.367 e. The molecule has 0 amide bonds. The van der Waals surface area contributed by atoms with Gasteiger partial charge in [0.2, 0.25) is 5.82 Å². The monoisotopic (exact) mass is 279 g/mol. The summed E-state index contributed by atoms with van der Waals surface area (Å²) >= 11 is 5.57. The van der Waals surface area contributed by atoms with Crippen LogP contribution < -0.4 is 5.32 Å². The fourth-order valence-corrected chi connectivity index (χ4v) is 2.11.